The third-order valence-corrected chi connectivity index (χ3v) is 2.26. The van der Waals surface area contributed by atoms with Crippen LogP contribution in [0.4, 0.5) is 5.69 Å². The van der Waals surface area contributed by atoms with Crippen molar-refractivity contribution < 1.29 is 14.8 Å². The van der Waals surface area contributed by atoms with E-state index in [2.05, 4.69) is 10.1 Å². The summed E-state index contributed by atoms with van der Waals surface area (Å²) < 4.78 is 1.15. The molecule has 0 radical (unpaired) electrons. The Balaban J connectivity index is 2.55. The predicted molar refractivity (Wildman–Crippen MR) is 59.7 cm³/mol. The number of hydrogen-bond donors (Lipinski definition) is 1. The van der Waals surface area contributed by atoms with Crippen LogP contribution in [0.2, 0.25) is 0 Å². The Morgan fingerprint density at radius 2 is 2.26 bits per heavy atom. The molecule has 1 N–H and O–H groups in total. The summed E-state index contributed by atoms with van der Waals surface area (Å²) in [5.74, 6) is -1.49. The maximum atomic E-state index is 10.8. The molecule has 0 saturated heterocycles. The monoisotopic (exact) mass is 259 g/mol. The van der Waals surface area contributed by atoms with E-state index in [4.69, 9.17) is 10.4 Å². The molecule has 9 nitrogen and oxygen atoms in total. The van der Waals surface area contributed by atoms with Gasteiger partial charge in [0.25, 0.3) is 11.5 Å². The number of nitro groups is 1. The molecule has 1 heterocycles. The van der Waals surface area contributed by atoms with Crippen LogP contribution in [-0.4, -0.2) is 30.8 Å². The van der Waals surface area contributed by atoms with Crippen molar-refractivity contribution in [3.8, 4) is 11.8 Å². The van der Waals surface area contributed by atoms with E-state index in [0.29, 0.717) is 0 Å². The molecule has 94 valence electrons. The number of benzene rings is 1. The molecule has 0 aliphatic rings. The Morgan fingerprint density at radius 1 is 1.53 bits per heavy atom. The second kappa shape index (κ2) is 4.53. The zero-order valence-electron chi connectivity index (χ0n) is 9.22. The van der Waals surface area contributed by atoms with Crippen LogP contribution in [0.1, 0.15) is 16.2 Å². The van der Waals surface area contributed by atoms with E-state index < -0.39 is 22.1 Å². The Hall–Kier alpha value is -3.28. The van der Waals surface area contributed by atoms with Crippen LogP contribution in [0.3, 0.4) is 0 Å². The lowest BCUT2D eigenvalue weighted by Gasteiger charge is -2.02. The largest absolute Gasteiger partial charge is 0.477 e. The Kier molecular flexibility index (Phi) is 2.91. The molecule has 9 heteroatoms. The van der Waals surface area contributed by atoms with Gasteiger partial charge in [-0.2, -0.15) is 5.26 Å². The highest BCUT2D eigenvalue weighted by Gasteiger charge is 2.20. The first kappa shape index (κ1) is 12.2. The number of carbonyl (C=O) groups is 1. The molecule has 2 rings (SSSR count). The molecule has 0 spiro atoms. The van der Waals surface area contributed by atoms with Gasteiger partial charge in [0, 0.05) is 6.07 Å². The molecule has 0 fully saturated rings. The third-order valence-electron chi connectivity index (χ3n) is 2.26. The molecule has 2 aromatic rings. The van der Waals surface area contributed by atoms with E-state index in [0.717, 1.165) is 16.8 Å². The summed E-state index contributed by atoms with van der Waals surface area (Å²) in [7, 11) is 0. The number of carboxylic acids is 1. The van der Waals surface area contributed by atoms with Gasteiger partial charge in [0.1, 0.15) is 18.0 Å². The van der Waals surface area contributed by atoms with Crippen LogP contribution >= 0.6 is 0 Å². The van der Waals surface area contributed by atoms with Gasteiger partial charge >= 0.3 is 5.97 Å². The number of nitro benzene ring substituents is 1. The quantitative estimate of drug-likeness (QED) is 0.634. The molecular weight excluding hydrogens is 254 g/mol. The van der Waals surface area contributed by atoms with Crippen molar-refractivity contribution >= 4 is 11.7 Å². The van der Waals surface area contributed by atoms with Crippen molar-refractivity contribution in [1.82, 2.24) is 14.8 Å². The zero-order chi connectivity index (χ0) is 14.0. The van der Waals surface area contributed by atoms with Crippen molar-refractivity contribution in [1.29, 1.82) is 5.26 Å². The summed E-state index contributed by atoms with van der Waals surface area (Å²) in [4.78, 5) is 24.5. The average Bonchev–Trinajstić information content (AvgIpc) is 2.86. The van der Waals surface area contributed by atoms with Gasteiger partial charge in [0.15, 0.2) is 0 Å². The number of hydrogen-bond acceptors (Lipinski definition) is 6. The van der Waals surface area contributed by atoms with Gasteiger partial charge in [-0.25, -0.2) is 14.5 Å². The van der Waals surface area contributed by atoms with E-state index in [1.54, 1.807) is 6.07 Å². The smallest absolute Gasteiger partial charge is 0.342 e. The fraction of sp³-hybridized carbons (Fsp3) is 0. The van der Waals surface area contributed by atoms with Gasteiger partial charge in [-0.15, -0.1) is 5.10 Å². The highest BCUT2D eigenvalue weighted by molar-refractivity contribution is 5.92. The molecule has 0 saturated carbocycles. The van der Waals surface area contributed by atoms with Crippen molar-refractivity contribution in [3.63, 3.8) is 0 Å². The van der Waals surface area contributed by atoms with Gasteiger partial charge in [-0.3, -0.25) is 10.1 Å². The number of carboxylic acid groups (broad SMARTS) is 1. The SMILES string of the molecule is N#Cc1ncn(-c2ccc(C(=O)O)c([N+](=O)[O-])c2)n1. The number of nitriles is 1. The van der Waals surface area contributed by atoms with Crippen molar-refractivity contribution in [2.45, 2.75) is 0 Å². The summed E-state index contributed by atoms with van der Waals surface area (Å²) >= 11 is 0. The van der Waals surface area contributed by atoms with E-state index in [9.17, 15) is 14.9 Å². The fourth-order valence-corrected chi connectivity index (χ4v) is 1.43. The van der Waals surface area contributed by atoms with Crippen LogP contribution in [0.5, 0.6) is 0 Å². The maximum absolute atomic E-state index is 10.8. The lowest BCUT2D eigenvalue weighted by atomic mass is 10.1. The van der Waals surface area contributed by atoms with Crippen LogP contribution in [-0.2, 0) is 0 Å². The highest BCUT2D eigenvalue weighted by Crippen LogP contribution is 2.22. The van der Waals surface area contributed by atoms with Crippen molar-refractivity contribution in [2.24, 2.45) is 0 Å². The Morgan fingerprint density at radius 3 is 2.79 bits per heavy atom. The molecule has 0 bridgehead atoms. The van der Waals surface area contributed by atoms with Crippen LogP contribution in [0.25, 0.3) is 5.69 Å². The first-order valence-corrected chi connectivity index (χ1v) is 4.87. The van der Waals surface area contributed by atoms with Crippen molar-refractivity contribution in [2.75, 3.05) is 0 Å². The van der Waals surface area contributed by atoms with Gasteiger partial charge in [-0.05, 0) is 12.1 Å². The summed E-state index contributed by atoms with van der Waals surface area (Å²) in [5, 5.41) is 32.0. The van der Waals surface area contributed by atoms with Crippen molar-refractivity contribution in [3.05, 3.63) is 46.0 Å². The minimum atomic E-state index is -1.39. The first-order valence-electron chi connectivity index (χ1n) is 4.87. The van der Waals surface area contributed by atoms with E-state index in [1.165, 1.54) is 12.4 Å². The number of rotatable bonds is 3. The summed E-state index contributed by atoms with van der Waals surface area (Å²) in [6.45, 7) is 0. The molecule has 0 aliphatic heterocycles. The molecule has 0 unspecified atom stereocenters. The van der Waals surface area contributed by atoms with Gasteiger partial charge < -0.3 is 5.11 Å². The van der Waals surface area contributed by atoms with Gasteiger partial charge in [-0.1, -0.05) is 0 Å². The summed E-state index contributed by atoms with van der Waals surface area (Å²) in [5.41, 5.74) is -0.737. The van der Waals surface area contributed by atoms with Crippen LogP contribution in [0, 0.1) is 21.4 Å². The normalized spacial score (nSPS) is 9.84. The minimum Gasteiger partial charge on any atom is -0.477 e. The Bertz CT molecular complexity index is 715. The van der Waals surface area contributed by atoms with Gasteiger partial charge in [0.05, 0.1) is 10.6 Å². The molecule has 0 aliphatic carbocycles. The standard InChI is InChI=1S/C10H5N5O4/c11-4-9-12-5-14(13-9)6-1-2-7(10(16)17)8(3-6)15(18)19/h1-3,5H,(H,16,17). The number of aromatic nitrogens is 3. The second-order valence-corrected chi connectivity index (χ2v) is 3.39. The molecular formula is C10H5N5O4. The van der Waals surface area contributed by atoms with Crippen LogP contribution in [0.15, 0.2) is 24.5 Å². The van der Waals surface area contributed by atoms with E-state index in [-0.39, 0.29) is 11.5 Å². The fourth-order valence-electron chi connectivity index (χ4n) is 1.43. The number of nitrogens with zero attached hydrogens (tertiary/aromatic N) is 5. The lowest BCUT2D eigenvalue weighted by Crippen LogP contribution is -2.04. The van der Waals surface area contributed by atoms with Crippen LogP contribution < -0.4 is 0 Å². The average molecular weight is 259 g/mol. The van der Waals surface area contributed by atoms with Gasteiger partial charge in [0.2, 0.25) is 0 Å². The predicted octanol–water partition coefficient (Wildman–Crippen LogP) is 0.745. The molecule has 1 aromatic carbocycles. The zero-order valence-corrected chi connectivity index (χ0v) is 9.22. The lowest BCUT2D eigenvalue weighted by molar-refractivity contribution is -0.385. The molecule has 19 heavy (non-hydrogen) atoms. The molecule has 0 atom stereocenters. The van der Waals surface area contributed by atoms with E-state index >= 15 is 0 Å². The topological polar surface area (TPSA) is 135 Å². The maximum Gasteiger partial charge on any atom is 0.342 e. The highest BCUT2D eigenvalue weighted by atomic mass is 16.6. The number of aromatic carboxylic acids is 1. The third kappa shape index (κ3) is 2.22. The summed E-state index contributed by atoms with van der Waals surface area (Å²) in [6.07, 6.45) is 1.21. The first-order chi connectivity index (χ1) is 9.02. The second-order valence-electron chi connectivity index (χ2n) is 3.39. The molecule has 0 amide bonds. The Labute approximate surface area is 105 Å². The molecule has 1 aromatic heterocycles. The summed E-state index contributed by atoms with van der Waals surface area (Å²) in [6, 6.07) is 5.21. The minimum absolute atomic E-state index is 0.0926. The van der Waals surface area contributed by atoms with E-state index in [1.807, 2.05) is 0 Å².